The highest BCUT2D eigenvalue weighted by molar-refractivity contribution is 14.1. The molecule has 0 aromatic rings. The van der Waals surface area contributed by atoms with Gasteiger partial charge in [0.05, 0.1) is 19.1 Å². The average molecular weight is 253 g/mol. The minimum Gasteiger partial charge on any atom is -0.380 e. The number of ether oxygens (including phenoxy) is 1. The van der Waals surface area contributed by atoms with E-state index in [0.29, 0.717) is 13.0 Å². The molecule has 0 fully saturated rings. The van der Waals surface area contributed by atoms with Gasteiger partial charge in [-0.25, -0.2) is 0 Å². The lowest BCUT2D eigenvalue weighted by molar-refractivity contribution is 0.137. The standard InChI is InChI=1S/C7H12INO/c8-4-1-2-6-10-7-3-5-9/h1-4,6-7H2. The number of nitrogens with zero attached hydrogens (tertiary/aromatic N) is 1. The van der Waals surface area contributed by atoms with Crippen LogP contribution in [-0.4, -0.2) is 17.6 Å². The molecule has 0 aliphatic carbocycles. The summed E-state index contributed by atoms with van der Waals surface area (Å²) in [7, 11) is 0. The zero-order valence-corrected chi connectivity index (χ0v) is 8.13. The lowest BCUT2D eigenvalue weighted by Gasteiger charge is -1.98. The molecule has 0 atom stereocenters. The van der Waals surface area contributed by atoms with Gasteiger partial charge in [-0.15, -0.1) is 0 Å². The molecule has 0 N–H and O–H groups in total. The molecular formula is C7H12INO. The SMILES string of the molecule is N#CCCOCCCCI. The summed E-state index contributed by atoms with van der Waals surface area (Å²) in [5, 5.41) is 8.14. The van der Waals surface area contributed by atoms with E-state index < -0.39 is 0 Å². The zero-order chi connectivity index (χ0) is 7.66. The summed E-state index contributed by atoms with van der Waals surface area (Å²) in [5.41, 5.74) is 0. The van der Waals surface area contributed by atoms with Gasteiger partial charge in [0.1, 0.15) is 0 Å². The first-order chi connectivity index (χ1) is 4.91. The molecule has 0 spiro atoms. The molecule has 0 radical (unpaired) electrons. The van der Waals surface area contributed by atoms with Crippen LogP contribution < -0.4 is 0 Å². The van der Waals surface area contributed by atoms with Crippen molar-refractivity contribution in [2.24, 2.45) is 0 Å². The van der Waals surface area contributed by atoms with Gasteiger partial charge in [-0.1, -0.05) is 22.6 Å². The number of hydrogen-bond acceptors (Lipinski definition) is 2. The number of hydrogen-bond donors (Lipinski definition) is 0. The Labute approximate surface area is 75.7 Å². The topological polar surface area (TPSA) is 33.0 Å². The second-order valence-corrected chi connectivity index (χ2v) is 3.00. The van der Waals surface area contributed by atoms with Crippen molar-refractivity contribution in [1.29, 1.82) is 5.26 Å². The van der Waals surface area contributed by atoms with Gasteiger partial charge < -0.3 is 4.74 Å². The van der Waals surface area contributed by atoms with E-state index in [2.05, 4.69) is 22.6 Å². The molecule has 10 heavy (non-hydrogen) atoms. The minimum absolute atomic E-state index is 0.518. The smallest absolute Gasteiger partial charge is 0.0645 e. The molecule has 0 amide bonds. The second kappa shape index (κ2) is 9.18. The molecule has 0 saturated carbocycles. The lowest BCUT2D eigenvalue weighted by atomic mass is 10.4. The number of rotatable bonds is 6. The van der Waals surface area contributed by atoms with Crippen molar-refractivity contribution in [2.75, 3.05) is 17.6 Å². The Morgan fingerprint density at radius 3 is 2.70 bits per heavy atom. The van der Waals surface area contributed by atoms with Crippen LogP contribution >= 0.6 is 22.6 Å². The fourth-order valence-electron chi connectivity index (χ4n) is 0.518. The van der Waals surface area contributed by atoms with Crippen LogP contribution in [0, 0.1) is 11.3 Å². The van der Waals surface area contributed by atoms with Gasteiger partial charge in [-0.05, 0) is 17.3 Å². The molecule has 0 aliphatic heterocycles. The largest absolute Gasteiger partial charge is 0.380 e. The summed E-state index contributed by atoms with van der Waals surface area (Å²) >= 11 is 2.35. The van der Waals surface area contributed by atoms with Crippen molar-refractivity contribution in [3.8, 4) is 6.07 Å². The van der Waals surface area contributed by atoms with Crippen molar-refractivity contribution in [1.82, 2.24) is 0 Å². The average Bonchev–Trinajstić information content (AvgIpc) is 1.97. The quantitative estimate of drug-likeness (QED) is 0.412. The van der Waals surface area contributed by atoms with Crippen molar-refractivity contribution in [2.45, 2.75) is 19.3 Å². The first-order valence-corrected chi connectivity index (χ1v) is 4.95. The monoisotopic (exact) mass is 253 g/mol. The predicted molar refractivity (Wildman–Crippen MR) is 49.2 cm³/mol. The Hall–Kier alpha value is 0.180. The van der Waals surface area contributed by atoms with Crippen LogP contribution in [0.3, 0.4) is 0 Å². The van der Waals surface area contributed by atoms with Crippen molar-refractivity contribution >= 4 is 22.6 Å². The van der Waals surface area contributed by atoms with Crippen LogP contribution in [0.4, 0.5) is 0 Å². The molecule has 0 aliphatic rings. The van der Waals surface area contributed by atoms with Crippen LogP contribution in [0.2, 0.25) is 0 Å². The summed E-state index contributed by atoms with van der Waals surface area (Å²) in [6.07, 6.45) is 2.85. The van der Waals surface area contributed by atoms with Crippen molar-refractivity contribution < 1.29 is 4.74 Å². The summed E-state index contributed by atoms with van der Waals surface area (Å²) < 4.78 is 6.34. The number of alkyl halides is 1. The molecule has 0 unspecified atom stereocenters. The maximum Gasteiger partial charge on any atom is 0.0645 e. The van der Waals surface area contributed by atoms with E-state index in [1.54, 1.807) is 0 Å². The van der Waals surface area contributed by atoms with Gasteiger partial charge in [0.15, 0.2) is 0 Å². The number of unbranched alkanes of at least 4 members (excludes halogenated alkanes) is 1. The van der Waals surface area contributed by atoms with E-state index in [4.69, 9.17) is 10.00 Å². The first-order valence-electron chi connectivity index (χ1n) is 3.42. The van der Waals surface area contributed by atoms with E-state index in [1.165, 1.54) is 10.8 Å². The Morgan fingerprint density at radius 1 is 1.30 bits per heavy atom. The summed E-state index contributed by atoms with van der Waals surface area (Å²) in [6.45, 7) is 1.41. The molecular weight excluding hydrogens is 241 g/mol. The number of halogens is 1. The van der Waals surface area contributed by atoms with Crippen LogP contribution in [0.25, 0.3) is 0 Å². The summed E-state index contributed by atoms with van der Waals surface area (Å²) in [4.78, 5) is 0. The Kier molecular flexibility index (Phi) is 9.35. The van der Waals surface area contributed by atoms with Gasteiger partial charge in [-0.2, -0.15) is 5.26 Å². The molecule has 0 aromatic carbocycles. The third-order valence-corrected chi connectivity index (χ3v) is 1.79. The van der Waals surface area contributed by atoms with Gasteiger partial charge >= 0.3 is 0 Å². The van der Waals surface area contributed by atoms with E-state index >= 15 is 0 Å². The zero-order valence-electron chi connectivity index (χ0n) is 5.98. The fraction of sp³-hybridized carbons (Fsp3) is 0.857. The van der Waals surface area contributed by atoms with Crippen LogP contribution in [-0.2, 0) is 4.74 Å². The summed E-state index contributed by atoms with van der Waals surface area (Å²) in [6, 6.07) is 2.03. The van der Waals surface area contributed by atoms with Crippen LogP contribution in [0.1, 0.15) is 19.3 Å². The Bertz CT molecular complexity index is 100. The molecule has 0 saturated heterocycles. The molecule has 0 rings (SSSR count). The molecule has 3 heteroatoms. The Morgan fingerprint density at radius 2 is 2.10 bits per heavy atom. The fourth-order valence-corrected chi connectivity index (χ4v) is 1.06. The van der Waals surface area contributed by atoms with Crippen LogP contribution in [0.5, 0.6) is 0 Å². The van der Waals surface area contributed by atoms with Crippen molar-refractivity contribution in [3.05, 3.63) is 0 Å². The van der Waals surface area contributed by atoms with E-state index in [1.807, 2.05) is 6.07 Å². The maximum atomic E-state index is 8.14. The normalized spacial score (nSPS) is 9.20. The lowest BCUT2D eigenvalue weighted by Crippen LogP contribution is -1.95. The summed E-state index contributed by atoms with van der Waals surface area (Å²) in [5.74, 6) is 0. The van der Waals surface area contributed by atoms with E-state index in [-0.39, 0.29) is 0 Å². The van der Waals surface area contributed by atoms with Gasteiger partial charge in [0.2, 0.25) is 0 Å². The second-order valence-electron chi connectivity index (χ2n) is 1.92. The van der Waals surface area contributed by atoms with Crippen molar-refractivity contribution in [3.63, 3.8) is 0 Å². The highest BCUT2D eigenvalue weighted by atomic mass is 127. The van der Waals surface area contributed by atoms with E-state index in [0.717, 1.165) is 13.0 Å². The molecule has 0 aromatic heterocycles. The minimum atomic E-state index is 0.518. The van der Waals surface area contributed by atoms with Crippen LogP contribution in [0.15, 0.2) is 0 Å². The maximum absolute atomic E-state index is 8.14. The van der Waals surface area contributed by atoms with Gasteiger partial charge in [0, 0.05) is 6.61 Å². The van der Waals surface area contributed by atoms with Gasteiger partial charge in [-0.3, -0.25) is 0 Å². The predicted octanol–water partition coefficient (Wildman–Crippen LogP) is 2.13. The molecule has 0 heterocycles. The third kappa shape index (κ3) is 8.18. The van der Waals surface area contributed by atoms with Gasteiger partial charge in [0.25, 0.3) is 0 Å². The Balaban J connectivity index is 2.72. The highest BCUT2D eigenvalue weighted by Crippen LogP contribution is 1.94. The van der Waals surface area contributed by atoms with E-state index in [9.17, 15) is 0 Å². The molecule has 2 nitrogen and oxygen atoms in total. The number of nitriles is 1. The third-order valence-electron chi connectivity index (χ3n) is 1.03. The highest BCUT2D eigenvalue weighted by Gasteiger charge is 1.86. The first kappa shape index (κ1) is 10.2. The molecule has 0 bridgehead atoms. The molecule has 58 valence electrons.